The minimum absolute atomic E-state index is 0.0151. The number of fused-ring (bicyclic) bond motifs is 1. The van der Waals surface area contributed by atoms with Crippen molar-refractivity contribution in [2.45, 2.75) is 36.7 Å². The van der Waals surface area contributed by atoms with Gasteiger partial charge in [-0.15, -0.1) is 0 Å². The highest BCUT2D eigenvalue weighted by Crippen LogP contribution is 2.27. The van der Waals surface area contributed by atoms with Gasteiger partial charge in [-0.05, 0) is 60.7 Å². The van der Waals surface area contributed by atoms with E-state index in [0.29, 0.717) is 11.9 Å². The van der Waals surface area contributed by atoms with E-state index in [-0.39, 0.29) is 5.56 Å². The van der Waals surface area contributed by atoms with Gasteiger partial charge in [0.25, 0.3) is 5.56 Å². The lowest BCUT2D eigenvalue weighted by atomic mass is 10.1. The Bertz CT molecular complexity index is 1300. The summed E-state index contributed by atoms with van der Waals surface area (Å²) in [4.78, 5) is 21.0. The Labute approximate surface area is 203 Å². The summed E-state index contributed by atoms with van der Waals surface area (Å²) in [5.41, 5.74) is 4.12. The van der Waals surface area contributed by atoms with Crippen molar-refractivity contribution >= 4 is 40.0 Å². The van der Waals surface area contributed by atoms with Gasteiger partial charge in [-0.1, -0.05) is 65.8 Å². The number of hydrogen-bond donors (Lipinski definition) is 0. The molecule has 4 aromatic rings. The van der Waals surface area contributed by atoms with E-state index >= 15 is 0 Å². The molecule has 1 aliphatic rings. The molecule has 0 spiro atoms. The van der Waals surface area contributed by atoms with Crippen LogP contribution < -0.4 is 10.5 Å². The summed E-state index contributed by atoms with van der Waals surface area (Å²) in [5.74, 6) is 0.718. The van der Waals surface area contributed by atoms with Crippen molar-refractivity contribution in [3.8, 4) is 0 Å². The minimum atomic E-state index is 0.0151. The molecular weight excluding hydrogens is 450 g/mol. The summed E-state index contributed by atoms with van der Waals surface area (Å²) in [6.07, 6.45) is 3.69. The van der Waals surface area contributed by atoms with Gasteiger partial charge >= 0.3 is 0 Å². The first-order valence-corrected chi connectivity index (χ1v) is 12.7. The number of piperidine rings is 1. The standard InChI is InChI=1S/C27H26ClN3OS/c28-22-11-9-21(10-12-22)19-33-27-29-25-14-13-23(30-15-5-2-6-16-30)17-24(25)26(32)31(27)18-20-7-3-1-4-8-20/h1,3-4,7-14,17H,2,5-6,15-16,18-19H2. The molecule has 4 nitrogen and oxygen atoms in total. The topological polar surface area (TPSA) is 38.1 Å². The van der Waals surface area contributed by atoms with E-state index in [9.17, 15) is 4.79 Å². The molecule has 1 aliphatic heterocycles. The molecule has 0 unspecified atom stereocenters. The number of halogens is 1. The van der Waals surface area contributed by atoms with Crippen molar-refractivity contribution in [3.63, 3.8) is 0 Å². The zero-order valence-electron chi connectivity index (χ0n) is 18.4. The summed E-state index contributed by atoms with van der Waals surface area (Å²) in [7, 11) is 0. The van der Waals surface area contributed by atoms with Gasteiger partial charge in [0.2, 0.25) is 0 Å². The van der Waals surface area contributed by atoms with E-state index < -0.39 is 0 Å². The fourth-order valence-electron chi connectivity index (χ4n) is 4.28. The number of hydrogen-bond acceptors (Lipinski definition) is 4. The lowest BCUT2D eigenvalue weighted by molar-refractivity contribution is 0.578. The fraction of sp³-hybridized carbons (Fsp3) is 0.259. The molecule has 0 amide bonds. The SMILES string of the molecule is O=c1c2cc(N3CCCCC3)ccc2nc(SCc2ccc(Cl)cc2)n1Cc1ccccc1. The average molecular weight is 476 g/mol. The lowest BCUT2D eigenvalue weighted by Gasteiger charge is -2.29. The summed E-state index contributed by atoms with van der Waals surface area (Å²) < 4.78 is 1.82. The smallest absolute Gasteiger partial charge is 0.262 e. The first-order valence-electron chi connectivity index (χ1n) is 11.4. The Morgan fingerprint density at radius 3 is 2.39 bits per heavy atom. The number of benzene rings is 3. The molecule has 33 heavy (non-hydrogen) atoms. The van der Waals surface area contributed by atoms with Crippen LogP contribution in [0.4, 0.5) is 5.69 Å². The highest BCUT2D eigenvalue weighted by molar-refractivity contribution is 7.98. The lowest BCUT2D eigenvalue weighted by Crippen LogP contribution is -2.30. The molecule has 2 heterocycles. The van der Waals surface area contributed by atoms with Crippen LogP contribution in [0.5, 0.6) is 0 Å². The molecule has 3 aromatic carbocycles. The van der Waals surface area contributed by atoms with Gasteiger partial charge in [0.05, 0.1) is 17.4 Å². The normalized spacial score (nSPS) is 14.0. The van der Waals surface area contributed by atoms with Crippen LogP contribution in [-0.4, -0.2) is 22.6 Å². The van der Waals surface area contributed by atoms with Gasteiger partial charge in [-0.3, -0.25) is 9.36 Å². The van der Waals surface area contributed by atoms with Gasteiger partial charge in [0.15, 0.2) is 5.16 Å². The Morgan fingerprint density at radius 2 is 1.64 bits per heavy atom. The molecule has 0 aliphatic carbocycles. The Hall–Kier alpha value is -2.76. The van der Waals surface area contributed by atoms with E-state index in [0.717, 1.165) is 51.4 Å². The van der Waals surface area contributed by atoms with Crippen LogP contribution in [0.3, 0.4) is 0 Å². The second-order valence-corrected chi connectivity index (χ2v) is 9.81. The molecule has 0 saturated carbocycles. The predicted octanol–water partition coefficient (Wildman–Crippen LogP) is 6.38. The van der Waals surface area contributed by atoms with E-state index in [1.54, 1.807) is 11.8 Å². The monoisotopic (exact) mass is 475 g/mol. The quantitative estimate of drug-likeness (QED) is 0.239. The van der Waals surface area contributed by atoms with E-state index in [1.807, 2.05) is 59.2 Å². The van der Waals surface area contributed by atoms with Gasteiger partial charge in [-0.25, -0.2) is 4.98 Å². The third-order valence-electron chi connectivity index (χ3n) is 6.09. The Kier molecular flexibility index (Phi) is 6.70. The van der Waals surface area contributed by atoms with Crippen molar-refractivity contribution in [2.24, 2.45) is 0 Å². The molecule has 0 radical (unpaired) electrons. The fourth-order valence-corrected chi connectivity index (χ4v) is 5.36. The van der Waals surface area contributed by atoms with Crippen molar-refractivity contribution in [2.75, 3.05) is 18.0 Å². The van der Waals surface area contributed by atoms with E-state index in [2.05, 4.69) is 23.1 Å². The van der Waals surface area contributed by atoms with Gasteiger partial charge in [0, 0.05) is 29.6 Å². The minimum Gasteiger partial charge on any atom is -0.372 e. The first-order chi connectivity index (χ1) is 16.2. The molecular formula is C27H26ClN3OS. The van der Waals surface area contributed by atoms with Gasteiger partial charge in [0.1, 0.15) is 0 Å². The largest absolute Gasteiger partial charge is 0.372 e. The Morgan fingerprint density at radius 1 is 0.879 bits per heavy atom. The molecule has 1 aromatic heterocycles. The summed E-state index contributed by atoms with van der Waals surface area (Å²) in [5, 5.41) is 2.14. The average Bonchev–Trinajstić information content (AvgIpc) is 2.87. The molecule has 5 rings (SSSR count). The van der Waals surface area contributed by atoms with E-state index in [1.165, 1.54) is 19.3 Å². The molecule has 0 N–H and O–H groups in total. The number of rotatable bonds is 6. The maximum atomic E-state index is 13.7. The zero-order valence-corrected chi connectivity index (χ0v) is 20.0. The van der Waals surface area contributed by atoms with Crippen LogP contribution in [0.2, 0.25) is 5.02 Å². The maximum absolute atomic E-state index is 13.7. The second-order valence-electron chi connectivity index (χ2n) is 8.44. The predicted molar refractivity (Wildman–Crippen MR) is 139 cm³/mol. The van der Waals surface area contributed by atoms with Crippen LogP contribution in [0.15, 0.2) is 82.7 Å². The van der Waals surface area contributed by atoms with Crippen LogP contribution in [0, 0.1) is 0 Å². The third-order valence-corrected chi connectivity index (χ3v) is 7.39. The van der Waals surface area contributed by atoms with E-state index in [4.69, 9.17) is 16.6 Å². The summed E-state index contributed by atoms with van der Waals surface area (Å²) >= 11 is 7.62. The Balaban J connectivity index is 1.54. The number of nitrogens with zero attached hydrogens (tertiary/aromatic N) is 3. The summed E-state index contributed by atoms with van der Waals surface area (Å²) in [6.45, 7) is 2.60. The number of aromatic nitrogens is 2. The highest BCUT2D eigenvalue weighted by atomic mass is 35.5. The highest BCUT2D eigenvalue weighted by Gasteiger charge is 2.16. The molecule has 1 saturated heterocycles. The molecule has 0 atom stereocenters. The van der Waals surface area contributed by atoms with Crippen LogP contribution >= 0.6 is 23.4 Å². The maximum Gasteiger partial charge on any atom is 0.262 e. The van der Waals surface area contributed by atoms with Crippen LogP contribution in [0.1, 0.15) is 30.4 Å². The van der Waals surface area contributed by atoms with Crippen molar-refractivity contribution in [1.82, 2.24) is 9.55 Å². The summed E-state index contributed by atoms with van der Waals surface area (Å²) in [6, 6.07) is 24.1. The molecule has 168 valence electrons. The number of anilines is 1. The molecule has 6 heteroatoms. The van der Waals surface area contributed by atoms with Crippen LogP contribution in [-0.2, 0) is 12.3 Å². The van der Waals surface area contributed by atoms with Crippen LogP contribution in [0.25, 0.3) is 10.9 Å². The first kappa shape index (κ1) is 22.1. The van der Waals surface area contributed by atoms with Gasteiger partial charge < -0.3 is 4.90 Å². The third kappa shape index (κ3) is 5.10. The zero-order chi connectivity index (χ0) is 22.6. The second kappa shape index (κ2) is 10.0. The molecule has 0 bridgehead atoms. The van der Waals surface area contributed by atoms with Crippen molar-refractivity contribution < 1.29 is 0 Å². The van der Waals surface area contributed by atoms with Gasteiger partial charge in [-0.2, -0.15) is 0 Å². The molecule has 1 fully saturated rings. The van der Waals surface area contributed by atoms with Crippen molar-refractivity contribution in [3.05, 3.63) is 99.3 Å². The van der Waals surface area contributed by atoms with Crippen molar-refractivity contribution in [1.29, 1.82) is 0 Å². The number of thioether (sulfide) groups is 1.